The van der Waals surface area contributed by atoms with E-state index in [9.17, 15) is 13.2 Å². The molecule has 0 aromatic carbocycles. The van der Waals surface area contributed by atoms with Gasteiger partial charge in [-0.2, -0.15) is 13.2 Å². The first-order valence-electron chi connectivity index (χ1n) is 4.10. The van der Waals surface area contributed by atoms with Crippen LogP contribution in [0.3, 0.4) is 0 Å². The average Bonchev–Trinajstić information content (AvgIpc) is 2.05. The van der Waals surface area contributed by atoms with Gasteiger partial charge < -0.3 is 9.84 Å². The van der Waals surface area contributed by atoms with Gasteiger partial charge in [-0.15, -0.1) is 0 Å². The lowest BCUT2D eigenvalue weighted by Gasteiger charge is -2.32. The molecule has 0 amide bonds. The molecule has 0 saturated carbocycles. The van der Waals surface area contributed by atoms with Crippen molar-refractivity contribution in [3.8, 4) is 0 Å². The van der Waals surface area contributed by atoms with Crippen molar-refractivity contribution in [2.24, 2.45) is 5.41 Å². The molecule has 0 radical (unpaired) electrons. The van der Waals surface area contributed by atoms with Crippen molar-refractivity contribution in [1.29, 1.82) is 0 Å². The Morgan fingerprint density at radius 3 is 2.08 bits per heavy atom. The van der Waals surface area contributed by atoms with E-state index in [0.717, 1.165) is 0 Å². The van der Waals surface area contributed by atoms with Crippen molar-refractivity contribution in [3.63, 3.8) is 0 Å². The fourth-order valence-electron chi connectivity index (χ4n) is 1.10. The van der Waals surface area contributed by atoms with Crippen LogP contribution in [0.5, 0.6) is 0 Å². The van der Waals surface area contributed by atoms with E-state index in [1.165, 1.54) is 14.0 Å². The summed E-state index contributed by atoms with van der Waals surface area (Å²) in [4.78, 5) is 0. The fraction of sp³-hybridized carbons (Fsp3) is 1.00. The van der Waals surface area contributed by atoms with E-state index in [1.54, 1.807) is 0 Å². The molecule has 1 unspecified atom stereocenters. The molecule has 0 saturated heterocycles. The molecule has 1 N–H and O–H groups in total. The molecule has 80 valence electrons. The van der Waals surface area contributed by atoms with E-state index < -0.39 is 18.2 Å². The van der Waals surface area contributed by atoms with E-state index in [4.69, 9.17) is 5.11 Å². The van der Waals surface area contributed by atoms with Gasteiger partial charge in [0.25, 0.3) is 0 Å². The smallest absolute Gasteiger partial charge is 0.395 e. The minimum atomic E-state index is -4.37. The van der Waals surface area contributed by atoms with Gasteiger partial charge >= 0.3 is 6.18 Å². The van der Waals surface area contributed by atoms with Crippen molar-refractivity contribution >= 4 is 0 Å². The summed E-state index contributed by atoms with van der Waals surface area (Å²) in [5.41, 5.74) is -2.00. The highest BCUT2D eigenvalue weighted by atomic mass is 19.4. The highest BCUT2D eigenvalue weighted by Gasteiger charge is 2.52. The Morgan fingerprint density at radius 1 is 1.31 bits per heavy atom. The minimum Gasteiger partial charge on any atom is -0.395 e. The maximum Gasteiger partial charge on any atom is 0.396 e. The second-order valence-corrected chi connectivity index (χ2v) is 3.03. The van der Waals surface area contributed by atoms with Gasteiger partial charge in [0.2, 0.25) is 0 Å². The predicted octanol–water partition coefficient (Wildman–Crippen LogP) is 1.97. The zero-order valence-electron chi connectivity index (χ0n) is 7.82. The third-order valence-electron chi connectivity index (χ3n) is 2.37. The molecular weight excluding hydrogens is 185 g/mol. The van der Waals surface area contributed by atoms with Crippen LogP contribution in [0, 0.1) is 5.41 Å². The topological polar surface area (TPSA) is 29.5 Å². The second-order valence-electron chi connectivity index (χ2n) is 3.03. The molecule has 0 aliphatic heterocycles. The zero-order chi connectivity index (χ0) is 10.5. The summed E-state index contributed by atoms with van der Waals surface area (Å²) in [5, 5.41) is 8.76. The quantitative estimate of drug-likeness (QED) is 0.735. The van der Waals surface area contributed by atoms with Gasteiger partial charge in [-0.1, -0.05) is 6.92 Å². The van der Waals surface area contributed by atoms with Crippen molar-refractivity contribution in [3.05, 3.63) is 0 Å². The van der Waals surface area contributed by atoms with E-state index >= 15 is 0 Å². The molecule has 0 aliphatic rings. The molecule has 0 rings (SSSR count). The highest BCUT2D eigenvalue weighted by molar-refractivity contribution is 4.84. The van der Waals surface area contributed by atoms with Crippen molar-refractivity contribution in [2.75, 3.05) is 20.3 Å². The van der Waals surface area contributed by atoms with E-state index in [-0.39, 0.29) is 19.4 Å². The van der Waals surface area contributed by atoms with Crippen LogP contribution in [-0.4, -0.2) is 31.6 Å². The number of aliphatic hydroxyl groups is 1. The molecule has 2 nitrogen and oxygen atoms in total. The van der Waals surface area contributed by atoms with Gasteiger partial charge in [-0.05, 0) is 12.8 Å². The average molecular weight is 200 g/mol. The molecule has 0 bridgehead atoms. The monoisotopic (exact) mass is 200 g/mol. The summed E-state index contributed by atoms with van der Waals surface area (Å²) in [6.45, 7) is 0.545. The Kier molecular flexibility index (Phi) is 4.70. The van der Waals surface area contributed by atoms with Crippen LogP contribution in [0.25, 0.3) is 0 Å². The fourth-order valence-corrected chi connectivity index (χ4v) is 1.10. The third-order valence-corrected chi connectivity index (χ3v) is 2.37. The molecule has 0 aliphatic carbocycles. The number of rotatable bonds is 5. The predicted molar refractivity (Wildman–Crippen MR) is 42.4 cm³/mol. The normalized spacial score (nSPS) is 17.1. The highest BCUT2D eigenvalue weighted by Crippen LogP contribution is 2.43. The molecule has 0 fully saturated rings. The maximum absolute atomic E-state index is 12.5. The van der Waals surface area contributed by atoms with Crippen molar-refractivity contribution in [2.45, 2.75) is 25.9 Å². The van der Waals surface area contributed by atoms with Crippen LogP contribution >= 0.6 is 0 Å². The summed E-state index contributed by atoms with van der Waals surface area (Å²) >= 11 is 0. The van der Waals surface area contributed by atoms with E-state index in [0.29, 0.717) is 0 Å². The lowest BCUT2D eigenvalue weighted by molar-refractivity contribution is -0.242. The molecule has 5 heteroatoms. The minimum absolute atomic E-state index is 0.00785. The van der Waals surface area contributed by atoms with Crippen LogP contribution in [0.15, 0.2) is 0 Å². The summed E-state index contributed by atoms with van der Waals surface area (Å²) in [6, 6.07) is 0. The van der Waals surface area contributed by atoms with Gasteiger partial charge in [-0.25, -0.2) is 0 Å². The second kappa shape index (κ2) is 4.81. The summed E-state index contributed by atoms with van der Waals surface area (Å²) in [5.74, 6) is 0. The number of hydrogen-bond acceptors (Lipinski definition) is 2. The van der Waals surface area contributed by atoms with Gasteiger partial charge in [0, 0.05) is 13.7 Å². The van der Waals surface area contributed by atoms with Gasteiger partial charge in [0.1, 0.15) is 0 Å². The Hall–Kier alpha value is -0.290. The van der Waals surface area contributed by atoms with Crippen LogP contribution in [-0.2, 0) is 4.74 Å². The molecule has 0 spiro atoms. The van der Waals surface area contributed by atoms with E-state index in [2.05, 4.69) is 4.74 Å². The zero-order valence-corrected chi connectivity index (χ0v) is 7.82. The lowest BCUT2D eigenvalue weighted by Crippen LogP contribution is -2.41. The molecule has 0 heterocycles. The Balaban J connectivity index is 4.50. The molecule has 1 atom stereocenters. The lowest BCUT2D eigenvalue weighted by atomic mass is 9.82. The number of aliphatic hydroxyl groups excluding tert-OH is 1. The number of alkyl halides is 3. The van der Waals surface area contributed by atoms with Crippen molar-refractivity contribution < 1.29 is 23.0 Å². The number of methoxy groups -OCH3 is 1. The number of ether oxygens (including phenoxy) is 1. The molecule has 0 aromatic rings. The van der Waals surface area contributed by atoms with Crippen LogP contribution in [0.4, 0.5) is 13.2 Å². The van der Waals surface area contributed by atoms with Crippen molar-refractivity contribution in [1.82, 2.24) is 0 Å². The first-order chi connectivity index (χ1) is 5.93. The molecule has 13 heavy (non-hydrogen) atoms. The molecular formula is C8H15F3O2. The third kappa shape index (κ3) is 2.84. The van der Waals surface area contributed by atoms with Gasteiger partial charge in [-0.3, -0.25) is 0 Å². The van der Waals surface area contributed by atoms with Crippen LogP contribution < -0.4 is 0 Å². The SMILES string of the molecule is CCC(CO)(CCOC)C(F)(F)F. The standard InChI is InChI=1S/C8H15F3O2/c1-3-7(6-12,4-5-13-2)8(9,10)11/h12H,3-6H2,1-2H3. The maximum atomic E-state index is 12.5. The van der Waals surface area contributed by atoms with Crippen LogP contribution in [0.1, 0.15) is 19.8 Å². The Morgan fingerprint density at radius 2 is 1.85 bits per heavy atom. The largest absolute Gasteiger partial charge is 0.396 e. The van der Waals surface area contributed by atoms with Gasteiger partial charge in [0.05, 0.1) is 12.0 Å². The summed E-state index contributed by atoms with van der Waals surface area (Å²) < 4.78 is 42.0. The number of halogens is 3. The first-order valence-corrected chi connectivity index (χ1v) is 4.10. The van der Waals surface area contributed by atoms with E-state index in [1.807, 2.05) is 0 Å². The Bertz CT molecular complexity index is 141. The summed E-state index contributed by atoms with van der Waals surface area (Å²) in [6.07, 6.45) is -4.69. The summed E-state index contributed by atoms with van der Waals surface area (Å²) in [7, 11) is 1.34. The van der Waals surface area contributed by atoms with Crippen LogP contribution in [0.2, 0.25) is 0 Å². The molecule has 0 aromatic heterocycles. The first kappa shape index (κ1) is 12.7. The Labute approximate surface area is 75.7 Å². The number of hydrogen-bond donors (Lipinski definition) is 1. The van der Waals surface area contributed by atoms with Gasteiger partial charge in [0.15, 0.2) is 0 Å².